The van der Waals surface area contributed by atoms with Crippen LogP contribution in [0.25, 0.3) is 0 Å². The molecule has 1 aromatic rings. The van der Waals surface area contributed by atoms with E-state index in [0.717, 1.165) is 38.0 Å². The van der Waals surface area contributed by atoms with Gasteiger partial charge in [-0.05, 0) is 44.1 Å². The minimum absolute atomic E-state index is 0.239. The number of ether oxygens (including phenoxy) is 1. The van der Waals surface area contributed by atoms with Crippen molar-refractivity contribution in [3.63, 3.8) is 0 Å². The summed E-state index contributed by atoms with van der Waals surface area (Å²) in [4.78, 5) is 13.5. The lowest BCUT2D eigenvalue weighted by Gasteiger charge is -2.18. The molecule has 0 saturated heterocycles. The Labute approximate surface area is 115 Å². The summed E-state index contributed by atoms with van der Waals surface area (Å²) in [5.41, 5.74) is 1.21. The lowest BCUT2D eigenvalue weighted by molar-refractivity contribution is 0.0693. The third kappa shape index (κ3) is 4.24. The minimum atomic E-state index is -0.942. The lowest BCUT2D eigenvalue weighted by atomic mass is 10.0. The van der Waals surface area contributed by atoms with Gasteiger partial charge in [0.15, 0.2) is 0 Å². The number of hydrogen-bond donors (Lipinski definition) is 1. The summed E-state index contributed by atoms with van der Waals surface area (Å²) in [6.45, 7) is 7.41. The molecule has 0 radical (unpaired) electrons. The molecule has 106 valence electrons. The number of aryl methyl sites for hydroxylation is 1. The molecule has 0 aliphatic carbocycles. The van der Waals surface area contributed by atoms with E-state index in [1.165, 1.54) is 7.11 Å². The van der Waals surface area contributed by atoms with Crippen molar-refractivity contribution in [1.82, 2.24) is 4.90 Å². The summed E-state index contributed by atoms with van der Waals surface area (Å²) in [6.07, 6.45) is 1.84. The summed E-state index contributed by atoms with van der Waals surface area (Å²) in [7, 11) is 1.52. The molecule has 0 heterocycles. The Bertz CT molecular complexity index is 414. The average molecular weight is 265 g/mol. The van der Waals surface area contributed by atoms with Crippen molar-refractivity contribution >= 4 is 5.97 Å². The van der Waals surface area contributed by atoms with E-state index in [9.17, 15) is 4.79 Å². The summed E-state index contributed by atoms with van der Waals surface area (Å²) in [5, 5.41) is 9.12. The van der Waals surface area contributed by atoms with Crippen LogP contribution in [0.2, 0.25) is 0 Å². The lowest BCUT2D eigenvalue weighted by Crippen LogP contribution is -2.24. The van der Waals surface area contributed by atoms with Gasteiger partial charge >= 0.3 is 5.97 Å². The Hall–Kier alpha value is -1.55. The van der Waals surface area contributed by atoms with Gasteiger partial charge in [0.25, 0.3) is 0 Å². The predicted molar refractivity (Wildman–Crippen MR) is 76.1 cm³/mol. The van der Waals surface area contributed by atoms with E-state index in [1.807, 2.05) is 6.07 Å². The van der Waals surface area contributed by atoms with Gasteiger partial charge in [-0.1, -0.05) is 26.0 Å². The van der Waals surface area contributed by atoms with Crippen molar-refractivity contribution in [1.29, 1.82) is 0 Å². The molecule has 19 heavy (non-hydrogen) atoms. The first kappa shape index (κ1) is 15.5. The van der Waals surface area contributed by atoms with Gasteiger partial charge in [0.05, 0.1) is 7.11 Å². The van der Waals surface area contributed by atoms with Crippen molar-refractivity contribution in [3.05, 3.63) is 29.3 Å². The maximum absolute atomic E-state index is 11.1. The molecule has 0 saturated carbocycles. The van der Waals surface area contributed by atoms with Crippen LogP contribution in [0, 0.1) is 0 Å². The van der Waals surface area contributed by atoms with Crippen molar-refractivity contribution in [2.45, 2.75) is 26.7 Å². The SMILES string of the molecule is CCN(CC)CCCc1cccc(C(=O)O)c1OC. The Kier molecular flexibility index (Phi) is 6.36. The van der Waals surface area contributed by atoms with E-state index < -0.39 is 5.97 Å². The van der Waals surface area contributed by atoms with Crippen LogP contribution in [0.3, 0.4) is 0 Å². The Morgan fingerprint density at radius 1 is 1.32 bits per heavy atom. The average Bonchev–Trinajstić information content (AvgIpc) is 2.43. The van der Waals surface area contributed by atoms with Gasteiger partial charge < -0.3 is 14.7 Å². The fourth-order valence-electron chi connectivity index (χ4n) is 2.22. The number of carbonyl (C=O) groups is 1. The van der Waals surface area contributed by atoms with Gasteiger partial charge in [0.1, 0.15) is 11.3 Å². The van der Waals surface area contributed by atoms with E-state index in [-0.39, 0.29) is 5.56 Å². The van der Waals surface area contributed by atoms with Crippen LogP contribution in [0.5, 0.6) is 5.75 Å². The van der Waals surface area contributed by atoms with Gasteiger partial charge in [-0.2, -0.15) is 0 Å². The molecule has 0 aromatic heterocycles. The standard InChI is InChI=1S/C15H23NO3/c1-4-16(5-2)11-7-9-12-8-6-10-13(15(17)18)14(12)19-3/h6,8,10H,4-5,7,9,11H2,1-3H3,(H,17,18). The molecule has 1 aromatic carbocycles. The zero-order valence-electron chi connectivity index (χ0n) is 12.0. The quantitative estimate of drug-likeness (QED) is 0.785. The van der Waals surface area contributed by atoms with Gasteiger partial charge in [0, 0.05) is 0 Å². The van der Waals surface area contributed by atoms with Crippen LogP contribution in [0.4, 0.5) is 0 Å². The number of methoxy groups -OCH3 is 1. The van der Waals surface area contributed by atoms with Crippen LogP contribution >= 0.6 is 0 Å². The summed E-state index contributed by atoms with van der Waals surface area (Å²) in [5.74, 6) is -0.447. The highest BCUT2D eigenvalue weighted by atomic mass is 16.5. The molecule has 0 bridgehead atoms. The van der Waals surface area contributed by atoms with Crippen LogP contribution in [0.1, 0.15) is 36.2 Å². The van der Waals surface area contributed by atoms with Crippen molar-refractivity contribution in [2.75, 3.05) is 26.7 Å². The van der Waals surface area contributed by atoms with Gasteiger partial charge in [0.2, 0.25) is 0 Å². The molecule has 0 unspecified atom stereocenters. The highest BCUT2D eigenvalue weighted by molar-refractivity contribution is 5.91. The second-order valence-electron chi connectivity index (χ2n) is 4.43. The topological polar surface area (TPSA) is 49.8 Å². The van der Waals surface area contributed by atoms with Crippen molar-refractivity contribution in [3.8, 4) is 5.75 Å². The first-order valence-corrected chi connectivity index (χ1v) is 6.75. The van der Waals surface area contributed by atoms with Crippen LogP contribution in [-0.2, 0) is 6.42 Å². The number of para-hydroxylation sites is 1. The summed E-state index contributed by atoms with van der Waals surface area (Å²) in [6, 6.07) is 5.29. The van der Waals surface area contributed by atoms with Crippen molar-refractivity contribution < 1.29 is 14.6 Å². The first-order chi connectivity index (χ1) is 9.13. The van der Waals surface area contributed by atoms with E-state index in [0.29, 0.717) is 5.75 Å². The van der Waals surface area contributed by atoms with Gasteiger partial charge in [-0.25, -0.2) is 4.79 Å². The molecule has 1 rings (SSSR count). The Morgan fingerprint density at radius 3 is 2.53 bits per heavy atom. The van der Waals surface area contributed by atoms with Crippen LogP contribution in [0.15, 0.2) is 18.2 Å². The number of carboxylic acid groups (broad SMARTS) is 1. The number of aromatic carboxylic acids is 1. The van der Waals surface area contributed by atoms with E-state index in [4.69, 9.17) is 9.84 Å². The number of rotatable bonds is 8. The maximum Gasteiger partial charge on any atom is 0.339 e. The van der Waals surface area contributed by atoms with Gasteiger partial charge in [-0.15, -0.1) is 0 Å². The second kappa shape index (κ2) is 7.79. The largest absolute Gasteiger partial charge is 0.496 e. The molecule has 4 nitrogen and oxygen atoms in total. The maximum atomic E-state index is 11.1. The molecule has 0 aliphatic heterocycles. The third-order valence-electron chi connectivity index (χ3n) is 3.35. The zero-order chi connectivity index (χ0) is 14.3. The second-order valence-corrected chi connectivity index (χ2v) is 4.43. The minimum Gasteiger partial charge on any atom is -0.496 e. The third-order valence-corrected chi connectivity index (χ3v) is 3.35. The molecule has 1 N–H and O–H groups in total. The monoisotopic (exact) mass is 265 g/mol. The highest BCUT2D eigenvalue weighted by Crippen LogP contribution is 2.25. The molecule has 0 atom stereocenters. The van der Waals surface area contributed by atoms with Crippen molar-refractivity contribution in [2.24, 2.45) is 0 Å². The van der Waals surface area contributed by atoms with Crippen LogP contribution in [-0.4, -0.2) is 42.7 Å². The number of carboxylic acids is 1. The normalized spacial score (nSPS) is 10.7. The molecule has 0 aliphatic rings. The zero-order valence-corrected chi connectivity index (χ0v) is 12.0. The summed E-state index contributed by atoms with van der Waals surface area (Å²) < 4.78 is 5.25. The fraction of sp³-hybridized carbons (Fsp3) is 0.533. The Morgan fingerprint density at radius 2 is 2.00 bits per heavy atom. The molecule has 4 heteroatoms. The fourth-order valence-corrected chi connectivity index (χ4v) is 2.22. The smallest absolute Gasteiger partial charge is 0.339 e. The molecule has 0 amide bonds. The Balaban J connectivity index is 2.73. The first-order valence-electron chi connectivity index (χ1n) is 6.75. The van der Waals surface area contributed by atoms with E-state index in [2.05, 4.69) is 18.7 Å². The molecular weight excluding hydrogens is 242 g/mol. The number of hydrogen-bond acceptors (Lipinski definition) is 3. The van der Waals surface area contributed by atoms with Gasteiger partial charge in [-0.3, -0.25) is 0 Å². The molecule has 0 fully saturated rings. The number of benzene rings is 1. The molecule has 0 spiro atoms. The highest BCUT2D eigenvalue weighted by Gasteiger charge is 2.14. The molecular formula is C15H23NO3. The van der Waals surface area contributed by atoms with E-state index >= 15 is 0 Å². The van der Waals surface area contributed by atoms with Crippen LogP contribution < -0.4 is 4.74 Å². The number of nitrogens with zero attached hydrogens (tertiary/aromatic N) is 1. The predicted octanol–water partition coefficient (Wildman–Crippen LogP) is 2.67. The van der Waals surface area contributed by atoms with E-state index in [1.54, 1.807) is 12.1 Å². The summed E-state index contributed by atoms with van der Waals surface area (Å²) >= 11 is 0.